The summed E-state index contributed by atoms with van der Waals surface area (Å²) in [5.41, 5.74) is 5.90. The molecule has 1 aliphatic rings. The summed E-state index contributed by atoms with van der Waals surface area (Å²) in [6.07, 6.45) is 4.43. The van der Waals surface area contributed by atoms with Crippen LogP contribution in [-0.4, -0.2) is 44.3 Å². The van der Waals surface area contributed by atoms with Crippen LogP contribution in [0.2, 0.25) is 0 Å². The topological polar surface area (TPSA) is 92.5 Å². The van der Waals surface area contributed by atoms with Crippen molar-refractivity contribution in [1.82, 2.24) is 9.62 Å². The number of piperidine rings is 1. The van der Waals surface area contributed by atoms with Gasteiger partial charge in [0, 0.05) is 24.5 Å². The van der Waals surface area contributed by atoms with Crippen LogP contribution in [0.5, 0.6) is 0 Å². The largest absolute Gasteiger partial charge is 0.354 e. The minimum absolute atomic E-state index is 0. The average Bonchev–Trinajstić information content (AvgIpc) is 3.10. The van der Waals surface area contributed by atoms with E-state index in [4.69, 9.17) is 5.73 Å². The summed E-state index contributed by atoms with van der Waals surface area (Å²) >= 11 is 1.29. The molecular formula is C17H30ClN3O3S2. The molecule has 1 aliphatic heterocycles. The number of amides is 1. The fourth-order valence-electron chi connectivity index (χ4n) is 2.80. The Labute approximate surface area is 167 Å². The summed E-state index contributed by atoms with van der Waals surface area (Å²) in [6.45, 7) is 5.65. The van der Waals surface area contributed by atoms with Gasteiger partial charge in [-0.1, -0.05) is 26.7 Å². The zero-order valence-corrected chi connectivity index (χ0v) is 17.9. The molecule has 26 heavy (non-hydrogen) atoms. The molecule has 3 N–H and O–H groups in total. The van der Waals surface area contributed by atoms with Gasteiger partial charge in [0.15, 0.2) is 0 Å². The van der Waals surface area contributed by atoms with Gasteiger partial charge in [-0.05, 0) is 37.3 Å². The van der Waals surface area contributed by atoms with Crippen molar-refractivity contribution >= 4 is 39.7 Å². The number of rotatable bonds is 8. The molecule has 150 valence electrons. The van der Waals surface area contributed by atoms with Gasteiger partial charge in [0.1, 0.15) is 4.21 Å². The van der Waals surface area contributed by atoms with Gasteiger partial charge < -0.3 is 11.1 Å². The lowest BCUT2D eigenvalue weighted by Gasteiger charge is -2.25. The molecule has 1 amide bonds. The maximum atomic E-state index is 12.6. The van der Waals surface area contributed by atoms with E-state index in [0.29, 0.717) is 30.3 Å². The van der Waals surface area contributed by atoms with Crippen LogP contribution in [0.15, 0.2) is 16.3 Å². The normalized spacial score (nSPS) is 18.0. The molecule has 9 heteroatoms. The smallest absolute Gasteiger partial charge is 0.252 e. The van der Waals surface area contributed by atoms with Crippen LogP contribution < -0.4 is 11.1 Å². The Morgan fingerprint density at radius 2 is 1.96 bits per heavy atom. The Balaban J connectivity index is 0.00000338. The maximum absolute atomic E-state index is 12.6. The van der Waals surface area contributed by atoms with Crippen LogP contribution in [0.25, 0.3) is 0 Å². The van der Waals surface area contributed by atoms with Crippen molar-refractivity contribution in [2.45, 2.75) is 56.2 Å². The number of hydrogen-bond donors (Lipinski definition) is 2. The van der Waals surface area contributed by atoms with Gasteiger partial charge in [0.25, 0.3) is 10.0 Å². The molecule has 1 fully saturated rings. The van der Waals surface area contributed by atoms with E-state index in [-0.39, 0.29) is 24.2 Å². The quantitative estimate of drug-likeness (QED) is 0.671. The number of halogens is 1. The second kappa shape index (κ2) is 10.6. The van der Waals surface area contributed by atoms with E-state index in [1.54, 1.807) is 10.4 Å². The summed E-state index contributed by atoms with van der Waals surface area (Å²) in [5.74, 6) is -0.00454. The second-order valence-corrected chi connectivity index (χ2v) is 9.97. The molecular weight excluding hydrogens is 394 g/mol. The summed E-state index contributed by atoms with van der Waals surface area (Å²) < 4.78 is 27.2. The van der Waals surface area contributed by atoms with Crippen molar-refractivity contribution in [1.29, 1.82) is 0 Å². The summed E-state index contributed by atoms with van der Waals surface area (Å²) in [4.78, 5) is 12.9. The molecule has 2 atom stereocenters. The van der Waals surface area contributed by atoms with E-state index in [2.05, 4.69) is 5.32 Å². The van der Waals surface area contributed by atoms with Crippen molar-refractivity contribution in [2.24, 2.45) is 11.7 Å². The number of sulfonamides is 1. The van der Waals surface area contributed by atoms with Crippen LogP contribution in [0.3, 0.4) is 0 Å². The minimum Gasteiger partial charge on any atom is -0.354 e. The molecule has 6 nitrogen and oxygen atoms in total. The van der Waals surface area contributed by atoms with Crippen molar-refractivity contribution in [3.8, 4) is 0 Å². The highest BCUT2D eigenvalue weighted by atomic mass is 35.5. The predicted molar refractivity (Wildman–Crippen MR) is 108 cm³/mol. The summed E-state index contributed by atoms with van der Waals surface area (Å²) in [5, 5.41) is 2.84. The van der Waals surface area contributed by atoms with Gasteiger partial charge in [-0.15, -0.1) is 23.7 Å². The van der Waals surface area contributed by atoms with Gasteiger partial charge >= 0.3 is 0 Å². The van der Waals surface area contributed by atoms with Crippen LogP contribution in [0.1, 0.15) is 44.4 Å². The van der Waals surface area contributed by atoms with Crippen LogP contribution >= 0.6 is 23.7 Å². The third kappa shape index (κ3) is 5.92. The van der Waals surface area contributed by atoms with Crippen molar-refractivity contribution in [3.63, 3.8) is 0 Å². The lowest BCUT2D eigenvalue weighted by atomic mass is 9.99. The number of nitrogens with two attached hydrogens (primary N) is 1. The average molecular weight is 424 g/mol. The third-order valence-corrected chi connectivity index (χ3v) is 8.29. The molecule has 0 aromatic carbocycles. The van der Waals surface area contributed by atoms with Crippen LogP contribution in [0.4, 0.5) is 0 Å². The van der Waals surface area contributed by atoms with Gasteiger partial charge in [0.2, 0.25) is 5.91 Å². The Hall–Kier alpha value is -0.670. The molecule has 1 aromatic rings. The molecule has 1 aromatic heterocycles. The third-order valence-electron chi connectivity index (χ3n) is 4.78. The first kappa shape index (κ1) is 23.4. The number of hydrogen-bond acceptors (Lipinski definition) is 5. The number of carbonyl (C=O) groups is 1. The van der Waals surface area contributed by atoms with Crippen molar-refractivity contribution in [2.75, 3.05) is 19.6 Å². The van der Waals surface area contributed by atoms with E-state index in [1.165, 1.54) is 11.3 Å². The molecule has 1 saturated heterocycles. The van der Waals surface area contributed by atoms with E-state index in [9.17, 15) is 13.2 Å². The Morgan fingerprint density at radius 1 is 1.31 bits per heavy atom. The molecule has 0 saturated carbocycles. The lowest BCUT2D eigenvalue weighted by Crippen LogP contribution is -2.45. The molecule has 2 unspecified atom stereocenters. The molecule has 0 radical (unpaired) electrons. The minimum atomic E-state index is -3.37. The highest BCUT2D eigenvalue weighted by Crippen LogP contribution is 2.27. The van der Waals surface area contributed by atoms with E-state index < -0.39 is 16.1 Å². The Morgan fingerprint density at radius 3 is 2.58 bits per heavy atom. The number of thiophene rings is 1. The molecule has 2 heterocycles. The fourth-order valence-corrected chi connectivity index (χ4v) is 5.83. The monoisotopic (exact) mass is 423 g/mol. The molecule has 2 rings (SSSR count). The highest BCUT2D eigenvalue weighted by Gasteiger charge is 2.27. The Bertz CT molecular complexity index is 673. The first-order valence-electron chi connectivity index (χ1n) is 8.98. The predicted octanol–water partition coefficient (Wildman–Crippen LogP) is 2.38. The first-order chi connectivity index (χ1) is 11.9. The van der Waals surface area contributed by atoms with Gasteiger partial charge in [-0.3, -0.25) is 4.79 Å². The number of nitrogens with zero attached hydrogens (tertiary/aromatic N) is 1. The first-order valence-corrected chi connectivity index (χ1v) is 11.2. The molecule has 0 bridgehead atoms. The van der Waals surface area contributed by atoms with Crippen LogP contribution in [-0.2, 0) is 21.2 Å². The van der Waals surface area contributed by atoms with Gasteiger partial charge in [-0.2, -0.15) is 4.31 Å². The lowest BCUT2D eigenvalue weighted by molar-refractivity contribution is -0.123. The highest BCUT2D eigenvalue weighted by molar-refractivity contribution is 7.91. The second-order valence-electron chi connectivity index (χ2n) is 6.64. The standard InChI is InChI=1S/C17H29N3O3S2.ClH/c1-3-13(2)16(18)17(21)19-10-9-14-7-8-15(24-14)25(22,23)20-11-5-4-6-12-20;/h7-8,13,16H,3-6,9-12,18H2,1-2H3,(H,19,21);1H. The SMILES string of the molecule is CCC(C)C(N)C(=O)NCCc1ccc(S(=O)(=O)N2CCCCC2)s1.Cl. The number of carbonyl (C=O) groups excluding carboxylic acids is 1. The summed E-state index contributed by atoms with van der Waals surface area (Å²) in [6, 6.07) is 3.02. The maximum Gasteiger partial charge on any atom is 0.252 e. The zero-order valence-electron chi connectivity index (χ0n) is 15.4. The fraction of sp³-hybridized carbons (Fsp3) is 0.706. The Kier molecular flexibility index (Phi) is 9.54. The van der Waals surface area contributed by atoms with Gasteiger partial charge in [-0.25, -0.2) is 8.42 Å². The van der Waals surface area contributed by atoms with Crippen LogP contribution in [0, 0.1) is 5.92 Å². The van der Waals surface area contributed by atoms with E-state index >= 15 is 0 Å². The zero-order chi connectivity index (χ0) is 18.4. The van der Waals surface area contributed by atoms with Crippen molar-refractivity contribution in [3.05, 3.63) is 17.0 Å². The van der Waals surface area contributed by atoms with Gasteiger partial charge in [0.05, 0.1) is 6.04 Å². The van der Waals surface area contributed by atoms with E-state index in [0.717, 1.165) is 30.6 Å². The number of nitrogens with one attached hydrogen (secondary N) is 1. The molecule has 0 aliphatic carbocycles. The van der Waals surface area contributed by atoms with E-state index in [1.807, 2.05) is 19.9 Å². The summed E-state index contributed by atoms with van der Waals surface area (Å²) in [7, 11) is -3.37. The van der Waals surface area contributed by atoms with Crippen molar-refractivity contribution < 1.29 is 13.2 Å². The molecule has 0 spiro atoms.